The summed E-state index contributed by atoms with van der Waals surface area (Å²) in [6.45, 7) is 0.829. The fourth-order valence-electron chi connectivity index (χ4n) is 3.37. The molecule has 0 bridgehead atoms. The first-order valence-corrected chi connectivity index (χ1v) is 9.31. The van der Waals surface area contributed by atoms with Crippen LogP contribution in [0.25, 0.3) is 5.78 Å². The summed E-state index contributed by atoms with van der Waals surface area (Å²) >= 11 is 1.72. The van der Waals surface area contributed by atoms with E-state index in [1.807, 2.05) is 33.8 Å². The molecule has 0 unspecified atom stereocenters. The summed E-state index contributed by atoms with van der Waals surface area (Å²) in [6.07, 6.45) is 10.2. The number of hydrogen-bond donors (Lipinski definition) is 0. The van der Waals surface area contributed by atoms with Crippen LogP contribution in [0, 0.1) is 0 Å². The Labute approximate surface area is 145 Å². The van der Waals surface area contributed by atoms with Gasteiger partial charge in [0, 0.05) is 36.4 Å². The molecule has 0 radical (unpaired) electrons. The second-order valence-electron chi connectivity index (χ2n) is 6.16. The minimum atomic E-state index is 0.0799. The molecular formula is C18H20N4OS. The van der Waals surface area contributed by atoms with Crippen molar-refractivity contribution in [2.24, 2.45) is 0 Å². The van der Waals surface area contributed by atoms with Gasteiger partial charge in [-0.2, -0.15) is 0 Å². The van der Waals surface area contributed by atoms with Gasteiger partial charge in [0.2, 0.25) is 11.7 Å². The Kier molecular flexibility index (Phi) is 4.30. The topological polar surface area (TPSA) is 50.5 Å². The van der Waals surface area contributed by atoms with Crippen LogP contribution in [0.4, 0.5) is 0 Å². The number of likely N-dealkylation sites (tertiary alicyclic amines) is 1. The van der Waals surface area contributed by atoms with Gasteiger partial charge >= 0.3 is 0 Å². The second-order valence-corrected chi connectivity index (χ2v) is 7.20. The van der Waals surface area contributed by atoms with Gasteiger partial charge in [-0.3, -0.25) is 9.20 Å². The molecule has 0 aliphatic carbocycles. The third kappa shape index (κ3) is 3.06. The number of piperidine rings is 1. The molecule has 1 saturated heterocycles. The predicted molar refractivity (Wildman–Crippen MR) is 93.9 cm³/mol. The summed E-state index contributed by atoms with van der Waals surface area (Å²) in [5, 5.41) is 2.06. The summed E-state index contributed by atoms with van der Waals surface area (Å²) < 4.78 is 1.90. The number of carbonyl (C=O) groups excluding carboxylic acids is 1. The van der Waals surface area contributed by atoms with Gasteiger partial charge in [-0.1, -0.05) is 6.07 Å². The Morgan fingerprint density at radius 1 is 1.29 bits per heavy atom. The maximum absolute atomic E-state index is 12.8. The van der Waals surface area contributed by atoms with Crippen molar-refractivity contribution in [3.05, 3.63) is 52.7 Å². The molecule has 0 aromatic carbocycles. The molecular weight excluding hydrogens is 320 g/mol. The summed E-state index contributed by atoms with van der Waals surface area (Å²) in [5.41, 5.74) is 0.956. The van der Waals surface area contributed by atoms with Crippen LogP contribution in [0.1, 0.15) is 42.3 Å². The van der Waals surface area contributed by atoms with Gasteiger partial charge in [0.05, 0.1) is 11.7 Å². The molecule has 1 aliphatic rings. The van der Waals surface area contributed by atoms with Gasteiger partial charge in [-0.25, -0.2) is 9.97 Å². The lowest BCUT2D eigenvalue weighted by Gasteiger charge is -2.35. The standard InChI is InChI=1S/C18H20N4OS/c23-17(7-6-14-4-3-13-24-14)22-10-2-1-5-16(22)15-8-11-21-12-9-19-18(21)20-15/h3-4,8-9,11-13,16H,1-2,5-7,10H2/t16-/m1/s1. The Morgan fingerprint density at radius 2 is 2.25 bits per heavy atom. The average Bonchev–Trinajstić information content (AvgIpc) is 3.30. The molecule has 4 heterocycles. The van der Waals surface area contributed by atoms with Crippen LogP contribution < -0.4 is 0 Å². The van der Waals surface area contributed by atoms with Crippen molar-refractivity contribution in [3.63, 3.8) is 0 Å². The number of fused-ring (bicyclic) bond motifs is 1. The number of hydrogen-bond acceptors (Lipinski definition) is 4. The lowest BCUT2D eigenvalue weighted by atomic mass is 9.98. The summed E-state index contributed by atoms with van der Waals surface area (Å²) in [6, 6.07) is 6.23. The zero-order valence-electron chi connectivity index (χ0n) is 13.5. The summed E-state index contributed by atoms with van der Waals surface area (Å²) in [5.74, 6) is 0.933. The highest BCUT2D eigenvalue weighted by Gasteiger charge is 2.28. The maximum Gasteiger partial charge on any atom is 0.233 e. The number of carbonyl (C=O) groups is 1. The molecule has 124 valence electrons. The molecule has 3 aromatic heterocycles. The van der Waals surface area contributed by atoms with Gasteiger partial charge in [0.15, 0.2) is 0 Å². The van der Waals surface area contributed by atoms with E-state index in [-0.39, 0.29) is 11.9 Å². The van der Waals surface area contributed by atoms with Crippen molar-refractivity contribution in [2.45, 2.75) is 38.1 Å². The minimum Gasteiger partial charge on any atom is -0.334 e. The van der Waals surface area contributed by atoms with E-state index < -0.39 is 0 Å². The molecule has 0 N–H and O–H groups in total. The number of aryl methyl sites for hydroxylation is 1. The normalized spacial score (nSPS) is 18.2. The van der Waals surface area contributed by atoms with Crippen LogP contribution in [0.15, 0.2) is 42.2 Å². The molecule has 0 spiro atoms. The van der Waals surface area contributed by atoms with Crippen molar-refractivity contribution < 1.29 is 4.79 Å². The molecule has 4 rings (SSSR count). The smallest absolute Gasteiger partial charge is 0.233 e. The number of nitrogens with zero attached hydrogens (tertiary/aromatic N) is 4. The second kappa shape index (κ2) is 6.73. The number of rotatable bonds is 4. The number of imidazole rings is 1. The molecule has 3 aromatic rings. The van der Waals surface area contributed by atoms with E-state index >= 15 is 0 Å². The molecule has 5 nitrogen and oxygen atoms in total. The van der Waals surface area contributed by atoms with Crippen molar-refractivity contribution in [1.82, 2.24) is 19.3 Å². The molecule has 1 amide bonds. The van der Waals surface area contributed by atoms with Crippen molar-refractivity contribution in [1.29, 1.82) is 0 Å². The highest BCUT2D eigenvalue weighted by molar-refractivity contribution is 7.09. The van der Waals surface area contributed by atoms with Crippen molar-refractivity contribution >= 4 is 23.0 Å². The first-order chi connectivity index (χ1) is 11.8. The van der Waals surface area contributed by atoms with Gasteiger partial charge in [-0.05, 0) is 43.2 Å². The minimum absolute atomic E-state index is 0.0799. The van der Waals surface area contributed by atoms with Gasteiger partial charge in [0.1, 0.15) is 0 Å². The molecule has 24 heavy (non-hydrogen) atoms. The average molecular weight is 340 g/mol. The van der Waals surface area contributed by atoms with E-state index in [9.17, 15) is 4.79 Å². The van der Waals surface area contributed by atoms with E-state index in [2.05, 4.69) is 21.4 Å². The van der Waals surface area contributed by atoms with Gasteiger partial charge < -0.3 is 4.90 Å². The van der Waals surface area contributed by atoms with E-state index in [0.717, 1.165) is 37.9 Å². The third-order valence-corrected chi connectivity index (χ3v) is 5.55. The zero-order chi connectivity index (χ0) is 16.4. The number of amides is 1. The van der Waals surface area contributed by atoms with Crippen LogP contribution in [-0.4, -0.2) is 31.7 Å². The van der Waals surface area contributed by atoms with Crippen LogP contribution in [0.2, 0.25) is 0 Å². The van der Waals surface area contributed by atoms with Crippen LogP contribution in [0.5, 0.6) is 0 Å². The Hall–Kier alpha value is -2.21. The summed E-state index contributed by atoms with van der Waals surface area (Å²) in [7, 11) is 0. The SMILES string of the molecule is O=C(CCc1cccs1)N1CCCC[C@@H]1c1ccn2ccnc2n1. The molecule has 1 aliphatic heterocycles. The van der Waals surface area contributed by atoms with Crippen LogP contribution in [-0.2, 0) is 11.2 Å². The lowest BCUT2D eigenvalue weighted by Crippen LogP contribution is -2.39. The van der Waals surface area contributed by atoms with Crippen molar-refractivity contribution in [2.75, 3.05) is 6.54 Å². The first-order valence-electron chi connectivity index (χ1n) is 8.43. The fraction of sp³-hybridized carbons (Fsp3) is 0.389. The van der Waals surface area contributed by atoms with E-state index in [4.69, 9.17) is 0 Å². The quantitative estimate of drug-likeness (QED) is 0.731. The lowest BCUT2D eigenvalue weighted by molar-refractivity contribution is -0.135. The van der Waals surface area contributed by atoms with Crippen molar-refractivity contribution in [3.8, 4) is 0 Å². The van der Waals surface area contributed by atoms with Crippen LogP contribution >= 0.6 is 11.3 Å². The zero-order valence-corrected chi connectivity index (χ0v) is 14.3. The maximum atomic E-state index is 12.8. The van der Waals surface area contributed by atoms with E-state index in [1.54, 1.807) is 17.5 Å². The van der Waals surface area contributed by atoms with Gasteiger partial charge in [-0.15, -0.1) is 11.3 Å². The van der Waals surface area contributed by atoms with E-state index in [0.29, 0.717) is 12.2 Å². The Morgan fingerprint density at radius 3 is 3.12 bits per heavy atom. The fourth-order valence-corrected chi connectivity index (χ4v) is 4.08. The first kappa shape index (κ1) is 15.3. The highest BCUT2D eigenvalue weighted by atomic mass is 32.1. The third-order valence-electron chi connectivity index (χ3n) is 4.61. The monoisotopic (exact) mass is 340 g/mol. The number of aromatic nitrogens is 3. The molecule has 0 saturated carbocycles. The molecule has 6 heteroatoms. The largest absolute Gasteiger partial charge is 0.334 e. The molecule has 1 atom stereocenters. The Bertz CT molecular complexity index is 827. The molecule has 1 fully saturated rings. The Balaban J connectivity index is 1.52. The number of thiophene rings is 1. The van der Waals surface area contributed by atoms with Gasteiger partial charge in [0.25, 0.3) is 0 Å². The van der Waals surface area contributed by atoms with E-state index in [1.165, 1.54) is 4.88 Å². The summed E-state index contributed by atoms with van der Waals surface area (Å²) in [4.78, 5) is 25.0. The van der Waals surface area contributed by atoms with Crippen LogP contribution in [0.3, 0.4) is 0 Å². The predicted octanol–water partition coefficient (Wildman–Crippen LogP) is 3.48. The highest BCUT2D eigenvalue weighted by Crippen LogP contribution is 2.30.